The van der Waals surface area contributed by atoms with Gasteiger partial charge in [-0.15, -0.1) is 11.3 Å². The van der Waals surface area contributed by atoms with Crippen molar-refractivity contribution in [3.8, 4) is 0 Å². The maximum absolute atomic E-state index is 13.7. The summed E-state index contributed by atoms with van der Waals surface area (Å²) in [7, 11) is 0. The molecule has 2 N–H and O–H groups in total. The van der Waals surface area contributed by atoms with E-state index >= 15 is 0 Å². The molecule has 0 aliphatic rings. The smallest absolute Gasteiger partial charge is 0.253 e. The van der Waals surface area contributed by atoms with Crippen LogP contribution >= 0.6 is 22.9 Å². The predicted octanol–water partition coefficient (Wildman–Crippen LogP) is 3.45. The van der Waals surface area contributed by atoms with Crippen LogP contribution in [0.4, 0.5) is 4.39 Å². The Balaban J connectivity index is 1.99. The van der Waals surface area contributed by atoms with Crippen LogP contribution in [0.5, 0.6) is 0 Å². The molecule has 1 aromatic heterocycles. The van der Waals surface area contributed by atoms with E-state index in [2.05, 4.69) is 12.2 Å². The number of carbonyl (C=O) groups is 1. The van der Waals surface area contributed by atoms with Crippen molar-refractivity contribution >= 4 is 28.8 Å². The number of halogens is 2. The molecule has 21 heavy (non-hydrogen) atoms. The normalized spacial score (nSPS) is 12.2. The minimum atomic E-state index is -1.55. The first kappa shape index (κ1) is 15.9. The summed E-state index contributed by atoms with van der Waals surface area (Å²) in [6, 6.07) is 7.74. The monoisotopic (exact) mass is 327 g/mol. The molecule has 1 amide bonds. The highest BCUT2D eigenvalue weighted by Crippen LogP contribution is 2.21. The van der Waals surface area contributed by atoms with Gasteiger partial charge in [0.25, 0.3) is 5.91 Å². The average molecular weight is 328 g/mol. The SMILES string of the molecule is CCc1ccc(CNC(=O)C(O)c2ccc(Cl)cc2F)s1. The van der Waals surface area contributed by atoms with Crippen molar-refractivity contribution < 1.29 is 14.3 Å². The zero-order valence-corrected chi connectivity index (χ0v) is 13.0. The van der Waals surface area contributed by atoms with Crippen LogP contribution in [-0.4, -0.2) is 11.0 Å². The van der Waals surface area contributed by atoms with Crippen molar-refractivity contribution in [3.05, 3.63) is 56.5 Å². The van der Waals surface area contributed by atoms with Crippen molar-refractivity contribution in [3.63, 3.8) is 0 Å². The first-order valence-electron chi connectivity index (χ1n) is 6.49. The highest BCUT2D eigenvalue weighted by Gasteiger charge is 2.20. The lowest BCUT2D eigenvalue weighted by atomic mass is 10.1. The molecule has 0 radical (unpaired) electrons. The van der Waals surface area contributed by atoms with Crippen molar-refractivity contribution in [1.29, 1.82) is 0 Å². The van der Waals surface area contributed by atoms with Gasteiger partial charge >= 0.3 is 0 Å². The number of aryl methyl sites for hydroxylation is 1. The quantitative estimate of drug-likeness (QED) is 0.883. The van der Waals surface area contributed by atoms with Crippen molar-refractivity contribution in [1.82, 2.24) is 5.32 Å². The number of aliphatic hydroxyl groups excluding tert-OH is 1. The lowest BCUT2D eigenvalue weighted by molar-refractivity contribution is -0.129. The van der Waals surface area contributed by atoms with Crippen molar-refractivity contribution in [2.75, 3.05) is 0 Å². The summed E-state index contributed by atoms with van der Waals surface area (Å²) in [6.45, 7) is 2.37. The molecule has 112 valence electrons. The second-order valence-corrected chi connectivity index (χ2v) is 6.20. The Morgan fingerprint density at radius 1 is 1.38 bits per heavy atom. The third kappa shape index (κ3) is 4.03. The number of thiophene rings is 1. The number of amides is 1. The molecular weight excluding hydrogens is 313 g/mol. The molecule has 0 spiro atoms. The molecule has 1 atom stereocenters. The number of rotatable bonds is 5. The largest absolute Gasteiger partial charge is 0.378 e. The molecule has 0 fully saturated rings. The van der Waals surface area contributed by atoms with E-state index in [1.54, 1.807) is 11.3 Å². The van der Waals surface area contributed by atoms with Crippen LogP contribution in [0.1, 0.15) is 28.3 Å². The van der Waals surface area contributed by atoms with E-state index in [1.165, 1.54) is 17.0 Å². The van der Waals surface area contributed by atoms with Crippen LogP contribution in [0, 0.1) is 5.82 Å². The Labute approximate surface area is 131 Å². The van der Waals surface area contributed by atoms with Crippen LogP contribution in [0.3, 0.4) is 0 Å². The average Bonchev–Trinajstić information content (AvgIpc) is 2.92. The summed E-state index contributed by atoms with van der Waals surface area (Å²) in [5.41, 5.74) is -0.0858. The zero-order chi connectivity index (χ0) is 15.4. The summed E-state index contributed by atoms with van der Waals surface area (Å²) in [6.07, 6.45) is -0.607. The van der Waals surface area contributed by atoms with Gasteiger partial charge in [-0.05, 0) is 30.7 Å². The Kier molecular flexibility index (Phi) is 5.33. The molecular formula is C15H15ClFNO2S. The second kappa shape index (κ2) is 7.02. The van der Waals surface area contributed by atoms with Gasteiger partial charge in [-0.2, -0.15) is 0 Å². The van der Waals surface area contributed by atoms with Crippen LogP contribution in [0.15, 0.2) is 30.3 Å². The maximum atomic E-state index is 13.7. The number of hydrogen-bond acceptors (Lipinski definition) is 3. The fourth-order valence-electron chi connectivity index (χ4n) is 1.84. The second-order valence-electron chi connectivity index (χ2n) is 4.51. The lowest BCUT2D eigenvalue weighted by Gasteiger charge is -2.12. The Hall–Kier alpha value is -1.43. The van der Waals surface area contributed by atoms with Gasteiger partial charge in [0.15, 0.2) is 6.10 Å². The fourth-order valence-corrected chi connectivity index (χ4v) is 2.90. The summed E-state index contributed by atoms with van der Waals surface area (Å²) < 4.78 is 13.7. The zero-order valence-electron chi connectivity index (χ0n) is 11.4. The minimum absolute atomic E-state index is 0.0858. The van der Waals surface area contributed by atoms with Gasteiger partial charge < -0.3 is 10.4 Å². The molecule has 0 aliphatic heterocycles. The minimum Gasteiger partial charge on any atom is -0.378 e. The molecule has 3 nitrogen and oxygen atoms in total. The standard InChI is InChI=1S/C15H15ClFNO2S/c1-2-10-4-5-11(21-10)8-18-15(20)14(19)12-6-3-9(16)7-13(12)17/h3-7,14,19H,2,8H2,1H3,(H,18,20). The molecule has 0 aliphatic carbocycles. The molecule has 6 heteroatoms. The van der Waals surface area contributed by atoms with Crippen LogP contribution in [0.2, 0.25) is 5.02 Å². The van der Waals surface area contributed by atoms with Gasteiger partial charge in [-0.1, -0.05) is 24.6 Å². The topological polar surface area (TPSA) is 49.3 Å². The molecule has 0 saturated heterocycles. The molecule has 0 saturated carbocycles. The van der Waals surface area contributed by atoms with Gasteiger partial charge in [-0.3, -0.25) is 4.79 Å². The van der Waals surface area contributed by atoms with Gasteiger partial charge in [0, 0.05) is 20.3 Å². The molecule has 1 unspecified atom stereocenters. The summed E-state index contributed by atoms with van der Waals surface area (Å²) in [4.78, 5) is 14.1. The van der Waals surface area contributed by atoms with Crippen molar-refractivity contribution in [2.45, 2.75) is 26.0 Å². The van der Waals surface area contributed by atoms with E-state index in [9.17, 15) is 14.3 Å². The van der Waals surface area contributed by atoms with E-state index in [0.717, 1.165) is 17.4 Å². The Morgan fingerprint density at radius 2 is 2.10 bits per heavy atom. The first-order chi connectivity index (χ1) is 10.0. The van der Waals surface area contributed by atoms with Crippen LogP contribution in [0.25, 0.3) is 0 Å². The fraction of sp³-hybridized carbons (Fsp3) is 0.267. The summed E-state index contributed by atoms with van der Waals surface area (Å²) in [5.74, 6) is -1.34. The van der Waals surface area contributed by atoms with E-state index in [1.807, 2.05) is 12.1 Å². The third-order valence-corrected chi connectivity index (χ3v) is 4.47. The van der Waals surface area contributed by atoms with Gasteiger partial charge in [0.05, 0.1) is 6.54 Å². The molecule has 1 aromatic carbocycles. The van der Waals surface area contributed by atoms with Crippen molar-refractivity contribution in [2.24, 2.45) is 0 Å². The molecule has 2 aromatic rings. The molecule has 1 heterocycles. The maximum Gasteiger partial charge on any atom is 0.253 e. The van der Waals surface area contributed by atoms with E-state index in [4.69, 9.17) is 11.6 Å². The lowest BCUT2D eigenvalue weighted by Crippen LogP contribution is -2.29. The van der Waals surface area contributed by atoms with Gasteiger partial charge in [-0.25, -0.2) is 4.39 Å². The van der Waals surface area contributed by atoms with Gasteiger partial charge in [0.1, 0.15) is 5.82 Å². The van der Waals surface area contributed by atoms with Crippen LogP contribution < -0.4 is 5.32 Å². The van der Waals surface area contributed by atoms with E-state index in [-0.39, 0.29) is 10.6 Å². The predicted molar refractivity (Wildman–Crippen MR) is 81.9 cm³/mol. The molecule has 2 rings (SSSR count). The number of benzene rings is 1. The summed E-state index contributed by atoms with van der Waals surface area (Å²) >= 11 is 7.24. The Bertz CT molecular complexity index is 644. The Morgan fingerprint density at radius 3 is 2.71 bits per heavy atom. The number of aliphatic hydroxyl groups is 1. The highest BCUT2D eigenvalue weighted by atomic mass is 35.5. The first-order valence-corrected chi connectivity index (χ1v) is 7.69. The number of carbonyl (C=O) groups excluding carboxylic acids is 1. The number of nitrogens with one attached hydrogen (secondary N) is 1. The molecule has 0 bridgehead atoms. The van der Waals surface area contributed by atoms with E-state index in [0.29, 0.717) is 6.54 Å². The van der Waals surface area contributed by atoms with Gasteiger partial charge in [0.2, 0.25) is 0 Å². The van der Waals surface area contributed by atoms with Crippen LogP contribution in [-0.2, 0) is 17.8 Å². The number of hydrogen-bond donors (Lipinski definition) is 2. The van der Waals surface area contributed by atoms with E-state index < -0.39 is 17.8 Å². The highest BCUT2D eigenvalue weighted by molar-refractivity contribution is 7.11. The third-order valence-electron chi connectivity index (χ3n) is 3.01. The summed E-state index contributed by atoms with van der Waals surface area (Å²) in [5, 5.41) is 12.7.